The van der Waals surface area contributed by atoms with Gasteiger partial charge < -0.3 is 10.6 Å². The minimum atomic E-state index is -0.166. The van der Waals surface area contributed by atoms with Crippen molar-refractivity contribution in [3.63, 3.8) is 0 Å². The molecule has 0 aromatic rings. The number of halogens is 1. The first-order valence-electron chi connectivity index (χ1n) is 7.09. The van der Waals surface area contributed by atoms with Crippen molar-refractivity contribution in [2.75, 3.05) is 19.6 Å². The van der Waals surface area contributed by atoms with Gasteiger partial charge in [0.2, 0.25) is 5.91 Å². The fraction of sp³-hybridized carbons (Fsp3) is 0.929. The van der Waals surface area contributed by atoms with Gasteiger partial charge in [0.15, 0.2) is 0 Å². The van der Waals surface area contributed by atoms with Gasteiger partial charge in [-0.05, 0) is 44.6 Å². The van der Waals surface area contributed by atoms with Crippen LogP contribution in [0, 0.1) is 17.3 Å². The van der Waals surface area contributed by atoms with Crippen LogP contribution in [0.3, 0.4) is 0 Å². The zero-order valence-electron chi connectivity index (χ0n) is 11.6. The van der Waals surface area contributed by atoms with Crippen molar-refractivity contribution in [1.82, 2.24) is 10.6 Å². The van der Waals surface area contributed by atoms with Crippen LogP contribution < -0.4 is 10.6 Å². The van der Waals surface area contributed by atoms with Crippen molar-refractivity contribution in [3.8, 4) is 0 Å². The van der Waals surface area contributed by atoms with Crippen molar-refractivity contribution in [2.45, 2.75) is 46.0 Å². The quantitative estimate of drug-likeness (QED) is 0.830. The Balaban J connectivity index is 0.00000162. The summed E-state index contributed by atoms with van der Waals surface area (Å²) in [6.07, 6.45) is 6.25. The SMILES string of the molecule is CC1CCCC(CNC(=O)C2(C)CCNC2)C1.Cl. The average molecular weight is 275 g/mol. The summed E-state index contributed by atoms with van der Waals surface area (Å²) in [6, 6.07) is 0. The zero-order valence-corrected chi connectivity index (χ0v) is 12.4. The highest BCUT2D eigenvalue weighted by molar-refractivity contribution is 5.85. The maximum absolute atomic E-state index is 12.1. The van der Waals surface area contributed by atoms with Crippen LogP contribution in [0.4, 0.5) is 0 Å². The Morgan fingerprint density at radius 3 is 2.83 bits per heavy atom. The third kappa shape index (κ3) is 3.86. The van der Waals surface area contributed by atoms with Crippen molar-refractivity contribution in [1.29, 1.82) is 0 Å². The number of rotatable bonds is 3. The zero-order chi connectivity index (χ0) is 12.3. The molecule has 4 heteroatoms. The van der Waals surface area contributed by atoms with E-state index in [1.54, 1.807) is 0 Å². The van der Waals surface area contributed by atoms with Gasteiger partial charge in [0.25, 0.3) is 0 Å². The first-order chi connectivity index (χ1) is 8.10. The Labute approximate surface area is 117 Å². The van der Waals surface area contributed by atoms with Gasteiger partial charge in [-0.3, -0.25) is 4.79 Å². The van der Waals surface area contributed by atoms with E-state index in [2.05, 4.69) is 24.5 Å². The van der Waals surface area contributed by atoms with Gasteiger partial charge in [0.05, 0.1) is 5.41 Å². The monoisotopic (exact) mass is 274 g/mol. The Kier molecular flexibility index (Phi) is 5.93. The summed E-state index contributed by atoms with van der Waals surface area (Å²) in [5.41, 5.74) is -0.166. The molecule has 106 valence electrons. The number of nitrogens with one attached hydrogen (secondary N) is 2. The number of hydrogen-bond acceptors (Lipinski definition) is 2. The summed E-state index contributed by atoms with van der Waals surface area (Å²) >= 11 is 0. The molecule has 2 rings (SSSR count). The molecule has 2 N–H and O–H groups in total. The van der Waals surface area contributed by atoms with E-state index in [4.69, 9.17) is 0 Å². The van der Waals surface area contributed by atoms with Gasteiger partial charge in [-0.25, -0.2) is 0 Å². The van der Waals surface area contributed by atoms with Crippen LogP contribution in [0.5, 0.6) is 0 Å². The number of amides is 1. The summed E-state index contributed by atoms with van der Waals surface area (Å²) < 4.78 is 0. The summed E-state index contributed by atoms with van der Waals surface area (Å²) in [7, 11) is 0. The summed E-state index contributed by atoms with van der Waals surface area (Å²) in [5, 5.41) is 6.45. The van der Waals surface area contributed by atoms with Crippen molar-refractivity contribution in [3.05, 3.63) is 0 Å². The van der Waals surface area contributed by atoms with Crippen LogP contribution in [-0.4, -0.2) is 25.5 Å². The van der Waals surface area contributed by atoms with Crippen molar-refractivity contribution in [2.24, 2.45) is 17.3 Å². The third-order valence-electron chi connectivity index (χ3n) is 4.51. The molecule has 0 bridgehead atoms. The van der Waals surface area contributed by atoms with E-state index in [-0.39, 0.29) is 23.7 Å². The molecule has 3 nitrogen and oxygen atoms in total. The molecule has 18 heavy (non-hydrogen) atoms. The topological polar surface area (TPSA) is 41.1 Å². The lowest BCUT2D eigenvalue weighted by Crippen LogP contribution is -2.42. The van der Waals surface area contributed by atoms with E-state index in [1.165, 1.54) is 25.7 Å². The smallest absolute Gasteiger partial charge is 0.227 e. The van der Waals surface area contributed by atoms with Crippen molar-refractivity contribution >= 4 is 18.3 Å². The van der Waals surface area contributed by atoms with E-state index >= 15 is 0 Å². The molecule has 1 aliphatic heterocycles. The van der Waals surface area contributed by atoms with Crippen LogP contribution in [0.15, 0.2) is 0 Å². The van der Waals surface area contributed by atoms with E-state index in [1.807, 2.05) is 0 Å². The van der Waals surface area contributed by atoms with E-state index in [0.29, 0.717) is 5.92 Å². The third-order valence-corrected chi connectivity index (χ3v) is 4.51. The summed E-state index contributed by atoms with van der Waals surface area (Å²) in [4.78, 5) is 12.1. The van der Waals surface area contributed by atoms with Crippen LogP contribution >= 0.6 is 12.4 Å². The van der Waals surface area contributed by atoms with Gasteiger partial charge in [-0.1, -0.05) is 19.8 Å². The number of carbonyl (C=O) groups excluding carboxylic acids is 1. The van der Waals surface area contributed by atoms with Gasteiger partial charge in [0.1, 0.15) is 0 Å². The molecule has 0 radical (unpaired) electrons. The summed E-state index contributed by atoms with van der Waals surface area (Å²) in [6.45, 7) is 7.10. The van der Waals surface area contributed by atoms with Gasteiger partial charge in [-0.15, -0.1) is 12.4 Å². The lowest BCUT2D eigenvalue weighted by Gasteiger charge is -2.28. The normalized spacial score (nSPS) is 35.9. The number of hydrogen-bond donors (Lipinski definition) is 2. The Morgan fingerprint density at radius 1 is 1.44 bits per heavy atom. The second-order valence-electron chi connectivity index (χ2n) is 6.34. The fourth-order valence-electron chi connectivity index (χ4n) is 3.21. The van der Waals surface area contributed by atoms with Gasteiger partial charge in [0, 0.05) is 13.1 Å². The largest absolute Gasteiger partial charge is 0.355 e. The molecular formula is C14H27ClN2O. The molecule has 0 spiro atoms. The molecule has 1 amide bonds. The molecule has 1 heterocycles. The van der Waals surface area contributed by atoms with Gasteiger partial charge >= 0.3 is 0 Å². The molecule has 3 unspecified atom stereocenters. The molecule has 0 aromatic heterocycles. The highest BCUT2D eigenvalue weighted by Gasteiger charge is 2.36. The highest BCUT2D eigenvalue weighted by Crippen LogP contribution is 2.29. The van der Waals surface area contributed by atoms with E-state index < -0.39 is 0 Å². The minimum Gasteiger partial charge on any atom is -0.355 e. The molecule has 3 atom stereocenters. The minimum absolute atomic E-state index is 0. The summed E-state index contributed by atoms with van der Waals surface area (Å²) in [5.74, 6) is 1.80. The molecule has 0 aromatic carbocycles. The van der Waals surface area contributed by atoms with Crippen LogP contribution in [0.2, 0.25) is 0 Å². The highest BCUT2D eigenvalue weighted by atomic mass is 35.5. The lowest BCUT2D eigenvalue weighted by molar-refractivity contribution is -0.129. The lowest BCUT2D eigenvalue weighted by atomic mass is 9.82. The second-order valence-corrected chi connectivity index (χ2v) is 6.34. The molecule has 2 fully saturated rings. The van der Waals surface area contributed by atoms with Crippen LogP contribution in [0.1, 0.15) is 46.0 Å². The van der Waals surface area contributed by atoms with E-state index in [0.717, 1.165) is 32.0 Å². The van der Waals surface area contributed by atoms with E-state index in [9.17, 15) is 4.79 Å². The standard InChI is InChI=1S/C14H26N2O.ClH/c1-11-4-3-5-12(8-11)9-16-13(17)14(2)6-7-15-10-14;/h11-12,15H,3-10H2,1-2H3,(H,16,17);1H. The maximum atomic E-state index is 12.1. The predicted octanol–water partition coefficient (Wildman–Crippen LogP) is 2.35. The Hall–Kier alpha value is -0.280. The molecule has 2 aliphatic rings. The first-order valence-corrected chi connectivity index (χ1v) is 7.09. The molecule has 1 saturated carbocycles. The Bertz CT molecular complexity index is 277. The van der Waals surface area contributed by atoms with Crippen molar-refractivity contribution < 1.29 is 4.79 Å². The fourth-order valence-corrected chi connectivity index (χ4v) is 3.21. The Morgan fingerprint density at radius 2 is 2.22 bits per heavy atom. The molecule has 1 saturated heterocycles. The molecular weight excluding hydrogens is 248 g/mol. The predicted molar refractivity (Wildman–Crippen MR) is 77.0 cm³/mol. The second kappa shape index (κ2) is 6.76. The molecule has 1 aliphatic carbocycles. The van der Waals surface area contributed by atoms with Gasteiger partial charge in [-0.2, -0.15) is 0 Å². The van der Waals surface area contributed by atoms with Crippen LogP contribution in [0.25, 0.3) is 0 Å². The maximum Gasteiger partial charge on any atom is 0.227 e. The number of carbonyl (C=O) groups is 1. The van der Waals surface area contributed by atoms with Crippen LogP contribution in [-0.2, 0) is 4.79 Å². The average Bonchev–Trinajstić information content (AvgIpc) is 2.74. The first kappa shape index (κ1) is 15.8.